The Labute approximate surface area is 135 Å². The molecule has 6 heteroatoms. The summed E-state index contributed by atoms with van der Waals surface area (Å²) < 4.78 is 5.62. The summed E-state index contributed by atoms with van der Waals surface area (Å²) in [5.41, 5.74) is 0. The molecule has 2 N–H and O–H groups in total. The van der Waals surface area contributed by atoms with Gasteiger partial charge in [0.05, 0.1) is 5.02 Å². The molecule has 1 saturated heterocycles. The number of hydrogen-bond acceptors (Lipinski definition) is 3. The van der Waals surface area contributed by atoms with Crippen LogP contribution in [-0.2, 0) is 4.79 Å². The lowest BCUT2D eigenvalue weighted by Gasteiger charge is -2.31. The van der Waals surface area contributed by atoms with Crippen molar-refractivity contribution in [2.45, 2.75) is 44.9 Å². The minimum absolute atomic E-state index is 0.137. The Hall–Kier alpha value is -0.970. The number of hydrogen-bond donors (Lipinski definition) is 2. The van der Waals surface area contributed by atoms with Crippen molar-refractivity contribution in [3.8, 4) is 5.75 Å². The molecule has 0 radical (unpaired) electrons. The number of piperidine rings is 1. The average molecular weight is 331 g/mol. The summed E-state index contributed by atoms with van der Waals surface area (Å²) in [5, 5.41) is 7.31. The van der Waals surface area contributed by atoms with Crippen LogP contribution in [0.4, 0.5) is 0 Å². The smallest absolute Gasteiger partial charge is 0.261 e. The van der Waals surface area contributed by atoms with E-state index in [2.05, 4.69) is 17.6 Å². The van der Waals surface area contributed by atoms with Crippen LogP contribution < -0.4 is 15.4 Å². The van der Waals surface area contributed by atoms with Gasteiger partial charge < -0.3 is 15.4 Å². The molecule has 21 heavy (non-hydrogen) atoms. The number of amides is 1. The molecule has 1 aliphatic rings. The summed E-state index contributed by atoms with van der Waals surface area (Å²) >= 11 is 11.9. The van der Waals surface area contributed by atoms with Crippen molar-refractivity contribution in [2.24, 2.45) is 0 Å². The highest BCUT2D eigenvalue weighted by Gasteiger charge is 2.25. The van der Waals surface area contributed by atoms with E-state index < -0.39 is 6.10 Å². The van der Waals surface area contributed by atoms with Gasteiger partial charge in [0.15, 0.2) is 6.10 Å². The van der Waals surface area contributed by atoms with E-state index in [1.165, 1.54) is 0 Å². The first-order valence-corrected chi connectivity index (χ1v) is 7.88. The summed E-state index contributed by atoms with van der Waals surface area (Å²) in [4.78, 5) is 12.2. The highest BCUT2D eigenvalue weighted by molar-refractivity contribution is 6.35. The lowest BCUT2D eigenvalue weighted by Crippen LogP contribution is -2.54. The first-order valence-electron chi connectivity index (χ1n) is 7.13. The van der Waals surface area contributed by atoms with Gasteiger partial charge in [0.25, 0.3) is 5.91 Å². The van der Waals surface area contributed by atoms with Gasteiger partial charge in [-0.25, -0.2) is 0 Å². The van der Waals surface area contributed by atoms with Crippen molar-refractivity contribution in [3.63, 3.8) is 0 Å². The van der Waals surface area contributed by atoms with Crippen molar-refractivity contribution in [3.05, 3.63) is 28.2 Å². The van der Waals surface area contributed by atoms with Crippen LogP contribution in [0.25, 0.3) is 0 Å². The van der Waals surface area contributed by atoms with Crippen molar-refractivity contribution in [1.82, 2.24) is 10.6 Å². The fourth-order valence-electron chi connectivity index (χ4n) is 2.36. The second-order valence-corrected chi connectivity index (χ2v) is 6.18. The van der Waals surface area contributed by atoms with Crippen LogP contribution in [0.3, 0.4) is 0 Å². The van der Waals surface area contributed by atoms with Gasteiger partial charge in [-0.2, -0.15) is 0 Å². The van der Waals surface area contributed by atoms with E-state index >= 15 is 0 Å². The number of carbonyl (C=O) groups is 1. The molecule has 3 atom stereocenters. The summed E-state index contributed by atoms with van der Waals surface area (Å²) in [5.74, 6) is 0.320. The Morgan fingerprint density at radius 1 is 1.48 bits per heavy atom. The van der Waals surface area contributed by atoms with Crippen LogP contribution in [0.2, 0.25) is 10.0 Å². The fraction of sp³-hybridized carbons (Fsp3) is 0.533. The third-order valence-corrected chi connectivity index (χ3v) is 4.19. The normalized spacial score (nSPS) is 23.4. The molecule has 2 rings (SSSR count). The molecule has 0 aromatic heterocycles. The molecule has 116 valence electrons. The molecule has 4 nitrogen and oxygen atoms in total. The molecule has 0 bridgehead atoms. The maximum absolute atomic E-state index is 12.2. The summed E-state index contributed by atoms with van der Waals surface area (Å²) in [6.45, 7) is 4.78. The molecule has 0 aliphatic carbocycles. The zero-order valence-electron chi connectivity index (χ0n) is 12.2. The summed E-state index contributed by atoms with van der Waals surface area (Å²) in [7, 11) is 0. The van der Waals surface area contributed by atoms with Gasteiger partial charge in [-0.1, -0.05) is 23.2 Å². The van der Waals surface area contributed by atoms with E-state index in [1.807, 2.05) is 0 Å². The first-order chi connectivity index (χ1) is 9.97. The predicted molar refractivity (Wildman–Crippen MR) is 85.2 cm³/mol. The molecule has 0 spiro atoms. The highest BCUT2D eigenvalue weighted by atomic mass is 35.5. The van der Waals surface area contributed by atoms with Crippen molar-refractivity contribution < 1.29 is 9.53 Å². The number of rotatable bonds is 4. The van der Waals surface area contributed by atoms with Gasteiger partial charge >= 0.3 is 0 Å². The second kappa shape index (κ2) is 7.34. The molecular formula is C15H20Cl2N2O2. The van der Waals surface area contributed by atoms with Crippen LogP contribution in [0.15, 0.2) is 18.2 Å². The fourth-order valence-corrected chi connectivity index (χ4v) is 2.81. The topological polar surface area (TPSA) is 50.4 Å². The zero-order valence-corrected chi connectivity index (χ0v) is 13.7. The Morgan fingerprint density at radius 2 is 2.24 bits per heavy atom. The molecule has 1 aromatic carbocycles. The molecule has 3 unspecified atom stereocenters. The van der Waals surface area contributed by atoms with Crippen LogP contribution in [-0.4, -0.2) is 30.6 Å². The molecule has 1 aromatic rings. The van der Waals surface area contributed by atoms with Crippen LogP contribution in [0.5, 0.6) is 5.75 Å². The van der Waals surface area contributed by atoms with Crippen LogP contribution >= 0.6 is 23.2 Å². The van der Waals surface area contributed by atoms with Crippen molar-refractivity contribution in [1.29, 1.82) is 0 Å². The number of carbonyl (C=O) groups excluding carboxylic acids is 1. The van der Waals surface area contributed by atoms with E-state index in [-0.39, 0.29) is 18.0 Å². The van der Waals surface area contributed by atoms with E-state index in [0.29, 0.717) is 15.8 Å². The Balaban J connectivity index is 1.92. The first kappa shape index (κ1) is 16.4. The minimum Gasteiger partial charge on any atom is -0.479 e. The lowest BCUT2D eigenvalue weighted by atomic mass is 10.00. The van der Waals surface area contributed by atoms with Gasteiger partial charge in [-0.3, -0.25) is 4.79 Å². The Morgan fingerprint density at radius 3 is 2.90 bits per heavy atom. The Bertz CT molecular complexity index is 510. The SMILES string of the molecule is CC(Oc1ccc(Cl)cc1Cl)C(=O)NC1CCCNC1C. The number of ether oxygens (including phenoxy) is 1. The van der Waals surface area contributed by atoms with Crippen molar-refractivity contribution in [2.75, 3.05) is 6.54 Å². The summed E-state index contributed by atoms with van der Waals surface area (Å²) in [6.07, 6.45) is 1.43. The van der Waals surface area contributed by atoms with E-state index in [0.717, 1.165) is 19.4 Å². The number of halogens is 2. The number of benzene rings is 1. The zero-order chi connectivity index (χ0) is 15.4. The standard InChI is InChI=1S/C15H20Cl2N2O2/c1-9-13(4-3-7-18-9)19-15(20)10(2)21-14-6-5-11(16)8-12(14)17/h5-6,8-10,13,18H,3-4,7H2,1-2H3,(H,19,20). The number of nitrogens with one attached hydrogen (secondary N) is 2. The molecule has 1 amide bonds. The predicted octanol–water partition coefficient (Wildman–Crippen LogP) is 3.02. The quantitative estimate of drug-likeness (QED) is 0.892. The van der Waals surface area contributed by atoms with E-state index in [9.17, 15) is 4.79 Å². The van der Waals surface area contributed by atoms with Gasteiger partial charge in [-0.15, -0.1) is 0 Å². The lowest BCUT2D eigenvalue weighted by molar-refractivity contribution is -0.128. The van der Waals surface area contributed by atoms with Crippen molar-refractivity contribution >= 4 is 29.1 Å². The molecule has 1 fully saturated rings. The van der Waals surface area contributed by atoms with Gasteiger partial charge in [0.2, 0.25) is 0 Å². The molecule has 0 saturated carbocycles. The average Bonchev–Trinajstić information content (AvgIpc) is 2.44. The van der Waals surface area contributed by atoms with E-state index in [4.69, 9.17) is 27.9 Å². The maximum atomic E-state index is 12.2. The minimum atomic E-state index is -0.613. The highest BCUT2D eigenvalue weighted by Crippen LogP contribution is 2.28. The molecular weight excluding hydrogens is 311 g/mol. The third-order valence-electron chi connectivity index (χ3n) is 3.66. The van der Waals surface area contributed by atoms with Crippen LogP contribution in [0, 0.1) is 0 Å². The maximum Gasteiger partial charge on any atom is 0.261 e. The van der Waals surface area contributed by atoms with E-state index in [1.54, 1.807) is 25.1 Å². The molecule has 1 aliphatic heterocycles. The van der Waals surface area contributed by atoms with Crippen LogP contribution in [0.1, 0.15) is 26.7 Å². The summed E-state index contributed by atoms with van der Waals surface area (Å²) in [6, 6.07) is 5.35. The van der Waals surface area contributed by atoms with Gasteiger partial charge in [-0.05, 0) is 51.4 Å². The van der Waals surface area contributed by atoms with Gasteiger partial charge in [0, 0.05) is 17.1 Å². The largest absolute Gasteiger partial charge is 0.479 e. The monoisotopic (exact) mass is 330 g/mol. The molecule has 1 heterocycles. The van der Waals surface area contributed by atoms with Gasteiger partial charge in [0.1, 0.15) is 5.75 Å². The Kier molecular flexibility index (Phi) is 5.73. The third kappa shape index (κ3) is 4.50. The second-order valence-electron chi connectivity index (χ2n) is 5.33.